The zero-order valence-electron chi connectivity index (χ0n) is 16.7. The molecule has 166 valence electrons. The number of benzene rings is 2. The van der Waals surface area contributed by atoms with E-state index in [0.717, 1.165) is 11.0 Å². The number of morpholine rings is 1. The van der Waals surface area contributed by atoms with Crippen LogP contribution in [0.1, 0.15) is 10.4 Å². The molecule has 1 fully saturated rings. The van der Waals surface area contributed by atoms with Gasteiger partial charge in [0.1, 0.15) is 4.90 Å². The van der Waals surface area contributed by atoms with Crippen LogP contribution in [0.3, 0.4) is 0 Å². The monoisotopic (exact) mass is 484 g/mol. The first-order chi connectivity index (χ1) is 14.8. The fourth-order valence-corrected chi connectivity index (χ4v) is 5.23. The number of thioether (sulfide) groups is 1. The number of halogens is 1. The van der Waals surface area contributed by atoms with Crippen LogP contribution in [0.4, 0.5) is 5.69 Å². The maximum Gasteiger partial charge on any atom is 0.338 e. The topological polar surface area (TPSA) is 102 Å². The van der Waals surface area contributed by atoms with Gasteiger partial charge in [-0.1, -0.05) is 17.7 Å². The zero-order chi connectivity index (χ0) is 22.4. The third-order valence-electron chi connectivity index (χ3n) is 4.44. The Morgan fingerprint density at radius 3 is 2.65 bits per heavy atom. The Labute approximate surface area is 189 Å². The Hall–Kier alpha value is -2.11. The lowest BCUT2D eigenvalue weighted by atomic mass is 10.2. The Kier molecular flexibility index (Phi) is 7.95. The van der Waals surface area contributed by atoms with E-state index < -0.39 is 28.5 Å². The standard InChI is InChI=1S/C20H21ClN2O6S2/c1-30-16-4-2-3-15(12-16)22-19(24)13-29-20(25)14-5-6-17(21)18(11-14)31(26,27)23-7-9-28-10-8-23/h2-6,11-12H,7-10,13H2,1H3,(H,22,24). The molecule has 11 heteroatoms. The second kappa shape index (κ2) is 10.5. The minimum absolute atomic E-state index is 0.00513. The number of hydrogen-bond donors (Lipinski definition) is 1. The maximum atomic E-state index is 12.9. The third-order valence-corrected chi connectivity index (χ3v) is 7.55. The fraction of sp³-hybridized carbons (Fsp3) is 0.300. The molecule has 8 nitrogen and oxygen atoms in total. The van der Waals surface area contributed by atoms with Crippen molar-refractivity contribution in [3.63, 3.8) is 0 Å². The highest BCUT2D eigenvalue weighted by Gasteiger charge is 2.29. The summed E-state index contributed by atoms with van der Waals surface area (Å²) in [6.45, 7) is 0.452. The van der Waals surface area contributed by atoms with Crippen molar-refractivity contribution in [2.24, 2.45) is 0 Å². The van der Waals surface area contributed by atoms with Crippen LogP contribution in [-0.4, -0.2) is 63.8 Å². The normalized spacial score (nSPS) is 14.8. The predicted molar refractivity (Wildman–Crippen MR) is 118 cm³/mol. The summed E-state index contributed by atoms with van der Waals surface area (Å²) in [5, 5.41) is 2.64. The Morgan fingerprint density at radius 2 is 1.94 bits per heavy atom. The van der Waals surface area contributed by atoms with Crippen LogP contribution in [0.5, 0.6) is 0 Å². The number of sulfonamides is 1. The molecule has 1 heterocycles. The molecule has 0 bridgehead atoms. The van der Waals surface area contributed by atoms with Crippen molar-refractivity contribution in [3.8, 4) is 0 Å². The quantitative estimate of drug-likeness (QED) is 0.476. The van der Waals surface area contributed by atoms with E-state index in [1.54, 1.807) is 18.2 Å². The molecule has 2 aromatic carbocycles. The van der Waals surface area contributed by atoms with Crippen LogP contribution in [0, 0.1) is 0 Å². The van der Waals surface area contributed by atoms with Crippen molar-refractivity contribution in [3.05, 3.63) is 53.1 Å². The molecule has 31 heavy (non-hydrogen) atoms. The number of nitrogens with zero attached hydrogens (tertiary/aromatic N) is 1. The second-order valence-electron chi connectivity index (χ2n) is 6.52. The molecular formula is C20H21ClN2O6S2. The first kappa shape index (κ1) is 23.6. The maximum absolute atomic E-state index is 12.9. The molecule has 0 atom stereocenters. The van der Waals surface area contributed by atoms with Gasteiger partial charge in [-0.25, -0.2) is 13.2 Å². The largest absolute Gasteiger partial charge is 0.452 e. The Bertz CT molecular complexity index is 1070. The molecule has 0 aliphatic carbocycles. The van der Waals surface area contributed by atoms with E-state index in [2.05, 4.69) is 5.32 Å². The minimum atomic E-state index is -3.89. The van der Waals surface area contributed by atoms with Gasteiger partial charge in [0.05, 0.1) is 23.8 Å². The van der Waals surface area contributed by atoms with Crippen LogP contribution in [0.2, 0.25) is 5.02 Å². The SMILES string of the molecule is CSc1cccc(NC(=O)COC(=O)c2ccc(Cl)c(S(=O)(=O)N3CCOCC3)c2)c1. The van der Waals surface area contributed by atoms with Gasteiger partial charge in [0.15, 0.2) is 6.61 Å². The van der Waals surface area contributed by atoms with Gasteiger partial charge in [0, 0.05) is 23.7 Å². The van der Waals surface area contributed by atoms with Crippen molar-refractivity contribution < 1.29 is 27.5 Å². The average Bonchev–Trinajstić information content (AvgIpc) is 2.78. The van der Waals surface area contributed by atoms with Gasteiger partial charge in [-0.15, -0.1) is 11.8 Å². The Balaban J connectivity index is 1.66. The van der Waals surface area contributed by atoms with Gasteiger partial charge in [-0.05, 0) is 42.7 Å². The van der Waals surface area contributed by atoms with Crippen molar-refractivity contribution >= 4 is 50.9 Å². The van der Waals surface area contributed by atoms with E-state index in [1.807, 2.05) is 12.3 Å². The molecule has 0 aromatic heterocycles. The van der Waals surface area contributed by atoms with E-state index >= 15 is 0 Å². The summed E-state index contributed by atoms with van der Waals surface area (Å²) < 4.78 is 37.2. The summed E-state index contributed by atoms with van der Waals surface area (Å²) in [7, 11) is -3.89. The van der Waals surface area contributed by atoms with Gasteiger partial charge >= 0.3 is 5.97 Å². The lowest BCUT2D eigenvalue weighted by Crippen LogP contribution is -2.40. The van der Waals surface area contributed by atoms with Gasteiger partial charge in [-0.2, -0.15) is 4.31 Å². The summed E-state index contributed by atoms with van der Waals surface area (Å²) in [5.74, 6) is -1.34. The van der Waals surface area contributed by atoms with Gasteiger partial charge in [0.2, 0.25) is 10.0 Å². The molecule has 0 spiro atoms. The highest BCUT2D eigenvalue weighted by molar-refractivity contribution is 7.98. The molecule has 3 rings (SSSR count). The number of nitrogens with one attached hydrogen (secondary N) is 1. The zero-order valence-corrected chi connectivity index (χ0v) is 19.1. The van der Waals surface area contributed by atoms with Crippen molar-refractivity contribution in [1.82, 2.24) is 4.31 Å². The van der Waals surface area contributed by atoms with Crippen molar-refractivity contribution in [2.75, 3.05) is 44.5 Å². The summed E-state index contributed by atoms with van der Waals surface area (Å²) >= 11 is 7.63. The number of carbonyl (C=O) groups is 2. The fourth-order valence-electron chi connectivity index (χ4n) is 2.87. The predicted octanol–water partition coefficient (Wildman–Crippen LogP) is 2.88. The molecule has 0 radical (unpaired) electrons. The molecule has 1 aliphatic rings. The first-order valence-electron chi connectivity index (χ1n) is 9.30. The minimum Gasteiger partial charge on any atom is -0.452 e. The smallest absolute Gasteiger partial charge is 0.338 e. The average molecular weight is 485 g/mol. The number of carbonyl (C=O) groups excluding carboxylic acids is 2. The molecule has 0 unspecified atom stereocenters. The van der Waals surface area contributed by atoms with E-state index in [9.17, 15) is 18.0 Å². The van der Waals surface area contributed by atoms with Crippen LogP contribution < -0.4 is 5.32 Å². The van der Waals surface area contributed by atoms with E-state index in [0.29, 0.717) is 5.69 Å². The number of amides is 1. The summed E-state index contributed by atoms with van der Waals surface area (Å²) in [6, 6.07) is 11.1. The summed E-state index contributed by atoms with van der Waals surface area (Å²) in [5.41, 5.74) is 0.562. The molecule has 1 saturated heterocycles. The molecule has 2 aromatic rings. The van der Waals surface area contributed by atoms with Crippen LogP contribution >= 0.6 is 23.4 Å². The summed E-state index contributed by atoms with van der Waals surface area (Å²) in [6.07, 6.45) is 1.92. The molecular weight excluding hydrogens is 464 g/mol. The molecule has 1 amide bonds. The molecule has 0 saturated carbocycles. The molecule has 1 N–H and O–H groups in total. The first-order valence-corrected chi connectivity index (χ1v) is 12.3. The van der Waals surface area contributed by atoms with Crippen molar-refractivity contribution in [1.29, 1.82) is 0 Å². The number of esters is 1. The van der Waals surface area contributed by atoms with Gasteiger partial charge in [0.25, 0.3) is 5.91 Å². The van der Waals surface area contributed by atoms with Crippen molar-refractivity contribution in [2.45, 2.75) is 9.79 Å². The highest BCUT2D eigenvalue weighted by Crippen LogP contribution is 2.27. The van der Waals surface area contributed by atoms with Gasteiger partial charge < -0.3 is 14.8 Å². The third kappa shape index (κ3) is 5.98. The number of hydrogen-bond acceptors (Lipinski definition) is 7. The van der Waals surface area contributed by atoms with E-state index in [-0.39, 0.29) is 41.8 Å². The van der Waals surface area contributed by atoms with E-state index in [4.69, 9.17) is 21.1 Å². The van der Waals surface area contributed by atoms with Crippen LogP contribution in [-0.2, 0) is 24.3 Å². The number of rotatable bonds is 7. The van der Waals surface area contributed by atoms with Crippen LogP contribution in [0.25, 0.3) is 0 Å². The lowest BCUT2D eigenvalue weighted by Gasteiger charge is -2.26. The number of anilines is 1. The molecule has 1 aliphatic heterocycles. The van der Waals surface area contributed by atoms with E-state index in [1.165, 1.54) is 28.2 Å². The summed E-state index contributed by atoms with van der Waals surface area (Å²) in [4.78, 5) is 25.3. The lowest BCUT2D eigenvalue weighted by molar-refractivity contribution is -0.119. The Morgan fingerprint density at radius 1 is 1.19 bits per heavy atom. The van der Waals surface area contributed by atoms with Crippen LogP contribution in [0.15, 0.2) is 52.3 Å². The highest BCUT2D eigenvalue weighted by atomic mass is 35.5. The second-order valence-corrected chi connectivity index (χ2v) is 9.71. The van der Waals surface area contributed by atoms with Gasteiger partial charge in [-0.3, -0.25) is 4.79 Å². The number of ether oxygens (including phenoxy) is 2.